The Bertz CT molecular complexity index is 245. The van der Waals surface area contributed by atoms with Gasteiger partial charge in [-0.2, -0.15) is 0 Å². The molecule has 0 saturated heterocycles. The van der Waals surface area contributed by atoms with Crippen LogP contribution in [0.4, 0.5) is 0 Å². The molecular formula is C9H10INO. The van der Waals surface area contributed by atoms with Gasteiger partial charge in [-0.05, 0) is 22.8 Å². The first kappa shape index (κ1) is 9.59. The highest BCUT2D eigenvalue weighted by atomic mass is 127. The average Bonchev–Trinajstić information content (AvgIpc) is 2.84. The topological polar surface area (TPSA) is 29.1 Å². The Morgan fingerprint density at radius 3 is 3.00 bits per heavy atom. The average molecular weight is 275 g/mol. The van der Waals surface area contributed by atoms with E-state index >= 15 is 0 Å². The van der Waals surface area contributed by atoms with Gasteiger partial charge in [-0.15, -0.1) is 0 Å². The van der Waals surface area contributed by atoms with Crippen molar-refractivity contribution in [2.24, 2.45) is 5.92 Å². The predicted molar refractivity (Wildman–Crippen MR) is 56.7 cm³/mol. The van der Waals surface area contributed by atoms with E-state index in [9.17, 15) is 4.79 Å². The number of carbonyl (C=O) groups is 1. The second kappa shape index (κ2) is 5.20. The van der Waals surface area contributed by atoms with Crippen molar-refractivity contribution in [2.75, 3.05) is 6.54 Å². The molecule has 1 saturated carbocycles. The summed E-state index contributed by atoms with van der Waals surface area (Å²) in [6.07, 6.45) is 4.19. The van der Waals surface area contributed by atoms with Crippen LogP contribution in [-0.2, 0) is 4.79 Å². The van der Waals surface area contributed by atoms with Gasteiger partial charge in [-0.3, -0.25) is 4.79 Å². The molecule has 0 unspecified atom stereocenters. The first-order valence-electron chi connectivity index (χ1n) is 3.87. The van der Waals surface area contributed by atoms with E-state index in [4.69, 9.17) is 0 Å². The highest BCUT2D eigenvalue weighted by Crippen LogP contribution is 2.27. The lowest BCUT2D eigenvalue weighted by Gasteiger charge is -1.91. The van der Waals surface area contributed by atoms with E-state index in [2.05, 4.69) is 39.7 Å². The highest BCUT2D eigenvalue weighted by molar-refractivity contribution is 14.1. The Hall–Kier alpha value is -0.500. The van der Waals surface area contributed by atoms with Crippen LogP contribution in [0.25, 0.3) is 0 Å². The van der Waals surface area contributed by atoms with Gasteiger partial charge in [0.1, 0.15) is 0 Å². The Labute approximate surface area is 85.9 Å². The number of hydrogen-bond acceptors (Lipinski definition) is 1. The summed E-state index contributed by atoms with van der Waals surface area (Å²) in [7, 11) is 0. The molecule has 0 aromatic carbocycles. The molecule has 1 amide bonds. The van der Waals surface area contributed by atoms with Gasteiger partial charge in [0.05, 0.1) is 0 Å². The van der Waals surface area contributed by atoms with Gasteiger partial charge in [0.15, 0.2) is 0 Å². The quantitative estimate of drug-likeness (QED) is 0.600. The maximum absolute atomic E-state index is 10.9. The van der Waals surface area contributed by atoms with Crippen molar-refractivity contribution < 1.29 is 4.79 Å². The Kier molecular flexibility index (Phi) is 4.15. The zero-order chi connectivity index (χ0) is 8.81. The molecule has 1 fully saturated rings. The lowest BCUT2D eigenvalue weighted by atomic mass is 10.4. The molecule has 0 aliphatic heterocycles. The summed E-state index contributed by atoms with van der Waals surface area (Å²) in [5.41, 5.74) is 0. The molecule has 1 aliphatic rings. The summed E-state index contributed by atoms with van der Waals surface area (Å²) in [5, 5.41) is 2.66. The van der Waals surface area contributed by atoms with E-state index in [1.165, 1.54) is 0 Å². The maximum atomic E-state index is 10.9. The Morgan fingerprint density at radius 1 is 1.67 bits per heavy atom. The summed E-state index contributed by atoms with van der Waals surface area (Å²) in [5.74, 6) is 5.79. The van der Waals surface area contributed by atoms with Crippen LogP contribution < -0.4 is 5.32 Å². The Balaban J connectivity index is 2.15. The third-order valence-corrected chi connectivity index (χ3v) is 1.95. The third-order valence-electron chi connectivity index (χ3n) is 1.44. The van der Waals surface area contributed by atoms with E-state index in [0.717, 1.165) is 12.8 Å². The Morgan fingerprint density at radius 2 is 2.42 bits per heavy atom. The van der Waals surface area contributed by atoms with Gasteiger partial charge in [-0.25, -0.2) is 0 Å². The molecule has 1 N–H and O–H groups in total. The van der Waals surface area contributed by atoms with Crippen LogP contribution in [-0.4, -0.2) is 12.5 Å². The molecule has 0 aromatic rings. The van der Waals surface area contributed by atoms with Crippen LogP contribution in [0.1, 0.15) is 12.8 Å². The van der Waals surface area contributed by atoms with Crippen molar-refractivity contribution >= 4 is 28.5 Å². The van der Waals surface area contributed by atoms with Crippen molar-refractivity contribution in [3.05, 3.63) is 10.2 Å². The minimum Gasteiger partial charge on any atom is -0.342 e. The van der Waals surface area contributed by atoms with Crippen molar-refractivity contribution in [1.82, 2.24) is 5.32 Å². The molecule has 0 aromatic heterocycles. The number of halogens is 1. The number of carbonyl (C=O) groups excluding carboxylic acids is 1. The minimum atomic E-state index is -0.170. The first-order valence-corrected chi connectivity index (χ1v) is 5.12. The molecule has 12 heavy (non-hydrogen) atoms. The fourth-order valence-electron chi connectivity index (χ4n) is 0.636. The van der Waals surface area contributed by atoms with Gasteiger partial charge >= 0.3 is 0 Å². The zero-order valence-electron chi connectivity index (χ0n) is 6.64. The molecule has 1 aliphatic carbocycles. The van der Waals surface area contributed by atoms with Crippen molar-refractivity contribution in [3.8, 4) is 11.8 Å². The van der Waals surface area contributed by atoms with Crippen LogP contribution in [0.3, 0.4) is 0 Å². The standard InChI is InChI=1S/C9H10INO/c10-6-1-7-11-9(12)5-4-8-2-3-8/h1,6,8H,2-3,7H2,(H,11,12)/b6-1+. The fourth-order valence-corrected chi connectivity index (χ4v) is 0.890. The van der Waals surface area contributed by atoms with E-state index in [1.54, 1.807) is 0 Å². The van der Waals surface area contributed by atoms with Crippen LogP contribution >= 0.6 is 22.6 Å². The van der Waals surface area contributed by atoms with Crippen LogP contribution in [0.15, 0.2) is 10.2 Å². The van der Waals surface area contributed by atoms with Crippen LogP contribution in [0, 0.1) is 17.8 Å². The molecule has 0 heterocycles. The molecular weight excluding hydrogens is 265 g/mol. The molecule has 2 nitrogen and oxygen atoms in total. The predicted octanol–water partition coefficient (Wildman–Crippen LogP) is 1.46. The smallest absolute Gasteiger partial charge is 0.296 e. The maximum Gasteiger partial charge on any atom is 0.296 e. The largest absolute Gasteiger partial charge is 0.342 e. The van der Waals surface area contributed by atoms with Crippen molar-refractivity contribution in [1.29, 1.82) is 0 Å². The first-order chi connectivity index (χ1) is 5.83. The number of hydrogen-bond donors (Lipinski definition) is 1. The van der Waals surface area contributed by atoms with Gasteiger partial charge in [0, 0.05) is 12.5 Å². The van der Waals surface area contributed by atoms with Crippen molar-refractivity contribution in [2.45, 2.75) is 12.8 Å². The second-order valence-corrected chi connectivity index (χ2v) is 3.33. The highest BCUT2D eigenvalue weighted by Gasteiger charge is 2.17. The normalized spacial score (nSPS) is 15.4. The number of rotatable bonds is 2. The lowest BCUT2D eigenvalue weighted by molar-refractivity contribution is -0.115. The lowest BCUT2D eigenvalue weighted by Crippen LogP contribution is -2.21. The fraction of sp³-hybridized carbons (Fsp3) is 0.444. The minimum absolute atomic E-state index is 0.170. The summed E-state index contributed by atoms with van der Waals surface area (Å²) in [6.45, 7) is 0.571. The van der Waals surface area contributed by atoms with Crippen molar-refractivity contribution in [3.63, 3.8) is 0 Å². The SMILES string of the molecule is O=C(C#CC1CC1)NC/C=C/I. The summed E-state index contributed by atoms with van der Waals surface area (Å²) < 4.78 is 1.87. The monoisotopic (exact) mass is 275 g/mol. The molecule has 3 heteroatoms. The van der Waals surface area contributed by atoms with Gasteiger partial charge < -0.3 is 5.32 Å². The molecule has 1 rings (SSSR count). The summed E-state index contributed by atoms with van der Waals surface area (Å²) >= 11 is 2.11. The molecule has 0 atom stereocenters. The van der Waals surface area contributed by atoms with E-state index in [-0.39, 0.29) is 5.91 Å². The second-order valence-electron chi connectivity index (χ2n) is 2.62. The molecule has 0 spiro atoms. The molecule has 64 valence electrons. The van der Waals surface area contributed by atoms with Crippen LogP contribution in [0.5, 0.6) is 0 Å². The van der Waals surface area contributed by atoms with Gasteiger partial charge in [0.2, 0.25) is 0 Å². The third kappa shape index (κ3) is 4.39. The number of nitrogens with one attached hydrogen (secondary N) is 1. The van der Waals surface area contributed by atoms with E-state index in [1.807, 2.05) is 10.2 Å². The molecule has 0 bridgehead atoms. The van der Waals surface area contributed by atoms with Gasteiger partial charge in [-0.1, -0.05) is 34.6 Å². The van der Waals surface area contributed by atoms with Crippen LogP contribution in [0.2, 0.25) is 0 Å². The van der Waals surface area contributed by atoms with Gasteiger partial charge in [0.25, 0.3) is 5.91 Å². The van der Waals surface area contributed by atoms with E-state index < -0.39 is 0 Å². The summed E-state index contributed by atoms with van der Waals surface area (Å²) in [6, 6.07) is 0. The number of amides is 1. The van der Waals surface area contributed by atoms with E-state index in [0.29, 0.717) is 12.5 Å². The molecule has 0 radical (unpaired) electrons. The zero-order valence-corrected chi connectivity index (χ0v) is 8.80. The summed E-state index contributed by atoms with van der Waals surface area (Å²) in [4.78, 5) is 10.9.